The van der Waals surface area contributed by atoms with E-state index in [-0.39, 0.29) is 0 Å². The Bertz CT molecular complexity index is 3750. The van der Waals surface area contributed by atoms with Crippen molar-refractivity contribution in [3.63, 3.8) is 0 Å². The molecule has 2 aromatic heterocycles. The first-order chi connectivity index (χ1) is 30.9. The molecule has 10 aromatic carbocycles. The minimum atomic E-state index is 0.423. The van der Waals surface area contributed by atoms with Crippen molar-refractivity contribution in [1.82, 2.24) is 0 Å². The molecule has 0 aliphatic heterocycles. The van der Waals surface area contributed by atoms with E-state index in [0.29, 0.717) is 5.92 Å². The molecule has 0 radical (unpaired) electrons. The summed E-state index contributed by atoms with van der Waals surface area (Å²) >= 11 is 0. The molecular formula is C59H44N2O2. The van der Waals surface area contributed by atoms with Crippen LogP contribution in [-0.4, -0.2) is 0 Å². The predicted molar refractivity (Wildman–Crippen MR) is 266 cm³/mol. The van der Waals surface area contributed by atoms with Gasteiger partial charge in [0.1, 0.15) is 22.3 Å². The summed E-state index contributed by atoms with van der Waals surface area (Å²) in [4.78, 5) is 4.85. The third-order valence-corrected chi connectivity index (χ3v) is 12.9. The van der Waals surface area contributed by atoms with Gasteiger partial charge in [0.05, 0.1) is 11.4 Å². The molecule has 0 unspecified atom stereocenters. The molecule has 63 heavy (non-hydrogen) atoms. The molecule has 0 atom stereocenters. The largest absolute Gasteiger partial charge is 0.456 e. The van der Waals surface area contributed by atoms with E-state index in [2.05, 4.69) is 226 Å². The maximum absolute atomic E-state index is 6.38. The van der Waals surface area contributed by atoms with Gasteiger partial charge in [-0.15, -0.1) is 0 Å². The third kappa shape index (κ3) is 6.05. The molecule has 0 amide bonds. The third-order valence-electron chi connectivity index (χ3n) is 12.9. The molecule has 0 fully saturated rings. The summed E-state index contributed by atoms with van der Waals surface area (Å²) in [7, 11) is 0. The predicted octanol–water partition coefficient (Wildman–Crippen LogP) is 17.6. The molecule has 12 aromatic rings. The molecular weight excluding hydrogens is 769 g/mol. The van der Waals surface area contributed by atoms with Crippen LogP contribution in [0.25, 0.3) is 76.2 Å². The fourth-order valence-electron chi connectivity index (χ4n) is 9.76. The van der Waals surface area contributed by atoms with Crippen LogP contribution < -0.4 is 9.80 Å². The topological polar surface area (TPSA) is 32.8 Å². The van der Waals surface area contributed by atoms with Gasteiger partial charge in [-0.2, -0.15) is 0 Å². The summed E-state index contributed by atoms with van der Waals surface area (Å²) in [5.41, 5.74) is 13.8. The quantitative estimate of drug-likeness (QED) is 0.150. The zero-order valence-corrected chi connectivity index (χ0v) is 35.7. The molecule has 12 rings (SSSR count). The van der Waals surface area contributed by atoms with Gasteiger partial charge in [0, 0.05) is 55.1 Å². The molecule has 0 aliphatic rings. The summed E-state index contributed by atoms with van der Waals surface area (Å²) in [5.74, 6) is 0.423. The number of hydrogen-bond acceptors (Lipinski definition) is 4. The standard InChI is InChI=1S/C59H44N2O2/c1-36(2)39-20-22-41(23-21-39)61(43-25-29-59-53(33-43)51-31-38(4)19-27-57(51)63-59)55-35-49-44-14-8-10-16-46(44)54(34-48(49)45-15-9-11-17-47(45)55)60(40-12-6-5-7-13-40)42-24-28-58-52(32-42)50-30-37(3)18-26-56(50)62-58/h5-36H,1-4H3. The van der Waals surface area contributed by atoms with Crippen molar-refractivity contribution < 1.29 is 8.83 Å². The van der Waals surface area contributed by atoms with E-state index in [0.717, 1.165) is 83.4 Å². The van der Waals surface area contributed by atoms with Gasteiger partial charge in [0.25, 0.3) is 0 Å². The lowest BCUT2D eigenvalue weighted by atomic mass is 9.93. The highest BCUT2D eigenvalue weighted by Crippen LogP contribution is 2.49. The molecule has 4 nitrogen and oxygen atoms in total. The van der Waals surface area contributed by atoms with Crippen molar-refractivity contribution in [3.8, 4) is 0 Å². The molecule has 302 valence electrons. The molecule has 0 N–H and O–H groups in total. The summed E-state index contributed by atoms with van der Waals surface area (Å²) in [5, 5.41) is 11.5. The van der Waals surface area contributed by atoms with E-state index in [1.807, 2.05) is 0 Å². The van der Waals surface area contributed by atoms with Crippen LogP contribution in [-0.2, 0) is 0 Å². The number of para-hydroxylation sites is 1. The zero-order chi connectivity index (χ0) is 42.3. The Kier molecular flexibility index (Phi) is 8.45. The Morgan fingerprint density at radius 1 is 0.317 bits per heavy atom. The molecule has 0 spiro atoms. The van der Waals surface area contributed by atoms with Gasteiger partial charge in [-0.1, -0.05) is 116 Å². The van der Waals surface area contributed by atoms with E-state index in [1.165, 1.54) is 43.6 Å². The fourth-order valence-corrected chi connectivity index (χ4v) is 9.76. The smallest absolute Gasteiger partial charge is 0.135 e. The van der Waals surface area contributed by atoms with Gasteiger partial charge >= 0.3 is 0 Å². The SMILES string of the molecule is Cc1ccc2oc3ccc(N(c4ccccc4)c4cc5c6ccccc6c(N(c6ccc(C(C)C)cc6)c6ccc7oc8ccc(C)cc8c7c6)cc5c5ccccc45)cc3c2c1. The number of rotatable bonds is 7. The Balaban J connectivity index is 1.13. The van der Waals surface area contributed by atoms with Gasteiger partial charge in [-0.05, 0) is 144 Å². The first kappa shape index (κ1) is 37.0. The average Bonchev–Trinajstić information content (AvgIpc) is 3.86. The van der Waals surface area contributed by atoms with E-state index >= 15 is 0 Å². The summed E-state index contributed by atoms with van der Waals surface area (Å²) in [6.07, 6.45) is 0. The van der Waals surface area contributed by atoms with Gasteiger partial charge < -0.3 is 18.6 Å². The van der Waals surface area contributed by atoms with E-state index in [1.54, 1.807) is 0 Å². The molecule has 0 bridgehead atoms. The Labute approximate surface area is 365 Å². The van der Waals surface area contributed by atoms with E-state index in [9.17, 15) is 0 Å². The summed E-state index contributed by atoms with van der Waals surface area (Å²) in [6, 6.07) is 68.5. The van der Waals surface area contributed by atoms with Crippen molar-refractivity contribution in [1.29, 1.82) is 0 Å². The minimum Gasteiger partial charge on any atom is -0.456 e. The second kappa shape index (κ2) is 14.4. The highest BCUT2D eigenvalue weighted by molar-refractivity contribution is 6.25. The van der Waals surface area contributed by atoms with Crippen LogP contribution in [0.2, 0.25) is 0 Å². The number of aryl methyl sites for hydroxylation is 2. The molecule has 0 saturated carbocycles. The molecule has 0 saturated heterocycles. The van der Waals surface area contributed by atoms with Gasteiger partial charge in [-0.25, -0.2) is 0 Å². The molecule has 0 aliphatic carbocycles. The number of nitrogens with zero attached hydrogens (tertiary/aromatic N) is 2. The highest BCUT2D eigenvalue weighted by atomic mass is 16.3. The minimum absolute atomic E-state index is 0.423. The van der Waals surface area contributed by atoms with Crippen LogP contribution in [0.15, 0.2) is 197 Å². The molecule has 2 heterocycles. The number of furan rings is 2. The summed E-state index contributed by atoms with van der Waals surface area (Å²) in [6.45, 7) is 8.78. The van der Waals surface area contributed by atoms with E-state index < -0.39 is 0 Å². The van der Waals surface area contributed by atoms with Gasteiger partial charge in [0.15, 0.2) is 0 Å². The lowest BCUT2D eigenvalue weighted by Gasteiger charge is -2.30. The Morgan fingerprint density at radius 3 is 1.16 bits per heavy atom. The molecule has 4 heteroatoms. The van der Waals surface area contributed by atoms with Crippen LogP contribution in [0.1, 0.15) is 36.5 Å². The first-order valence-electron chi connectivity index (χ1n) is 21.8. The Morgan fingerprint density at radius 2 is 0.698 bits per heavy atom. The highest BCUT2D eigenvalue weighted by Gasteiger charge is 2.23. The van der Waals surface area contributed by atoms with Crippen molar-refractivity contribution in [3.05, 3.63) is 205 Å². The number of fused-ring (bicyclic) bond motifs is 11. The van der Waals surface area contributed by atoms with Crippen molar-refractivity contribution in [2.75, 3.05) is 9.80 Å². The van der Waals surface area contributed by atoms with Crippen LogP contribution in [0.4, 0.5) is 34.1 Å². The van der Waals surface area contributed by atoms with Gasteiger partial charge in [0.2, 0.25) is 0 Å². The Hall–Kier alpha value is -7.82. The lowest BCUT2D eigenvalue weighted by Crippen LogP contribution is -2.12. The second-order valence-electron chi connectivity index (χ2n) is 17.3. The number of anilines is 6. The van der Waals surface area contributed by atoms with Crippen molar-refractivity contribution in [2.45, 2.75) is 33.6 Å². The van der Waals surface area contributed by atoms with E-state index in [4.69, 9.17) is 8.83 Å². The number of benzene rings is 10. The number of hydrogen-bond donors (Lipinski definition) is 0. The summed E-state index contributed by atoms with van der Waals surface area (Å²) < 4.78 is 12.7. The van der Waals surface area contributed by atoms with Crippen LogP contribution in [0.5, 0.6) is 0 Å². The fraction of sp³-hybridized carbons (Fsp3) is 0.0847. The normalized spacial score (nSPS) is 12.0. The maximum Gasteiger partial charge on any atom is 0.135 e. The second-order valence-corrected chi connectivity index (χ2v) is 17.3. The van der Waals surface area contributed by atoms with Crippen LogP contribution in [0, 0.1) is 13.8 Å². The van der Waals surface area contributed by atoms with Crippen molar-refractivity contribution >= 4 is 110 Å². The monoisotopic (exact) mass is 812 g/mol. The lowest BCUT2D eigenvalue weighted by molar-refractivity contribution is 0.668. The van der Waals surface area contributed by atoms with Crippen LogP contribution in [0.3, 0.4) is 0 Å². The van der Waals surface area contributed by atoms with Crippen LogP contribution >= 0.6 is 0 Å². The van der Waals surface area contributed by atoms with Gasteiger partial charge in [-0.3, -0.25) is 0 Å². The maximum atomic E-state index is 6.38. The zero-order valence-electron chi connectivity index (χ0n) is 35.7. The van der Waals surface area contributed by atoms with Crippen molar-refractivity contribution in [2.24, 2.45) is 0 Å². The average molecular weight is 813 g/mol. The first-order valence-corrected chi connectivity index (χ1v) is 21.8.